The maximum absolute atomic E-state index is 12.6. The molecule has 1 N–H and O–H groups in total. The van der Waals surface area contributed by atoms with Gasteiger partial charge >= 0.3 is 6.36 Å². The van der Waals surface area contributed by atoms with Gasteiger partial charge in [-0.05, 0) is 28.8 Å². The Hall–Kier alpha value is -3.93. The molecule has 0 saturated heterocycles. The molecule has 1 atom stereocenters. The van der Waals surface area contributed by atoms with Gasteiger partial charge in [0.05, 0.1) is 6.04 Å². The van der Waals surface area contributed by atoms with Gasteiger partial charge in [0.25, 0.3) is 0 Å². The summed E-state index contributed by atoms with van der Waals surface area (Å²) in [5.41, 5.74) is 4.85. The highest BCUT2D eigenvalue weighted by Gasteiger charge is 2.36. The number of rotatable bonds is 5. The molecule has 3 nitrogen and oxygen atoms in total. The summed E-state index contributed by atoms with van der Waals surface area (Å²) in [6, 6.07) is 32.1. The number of hydrogen-bond acceptors (Lipinski definition) is 3. The van der Waals surface area contributed by atoms with Crippen molar-refractivity contribution in [1.82, 2.24) is 0 Å². The Morgan fingerprint density at radius 1 is 0.765 bits per heavy atom. The van der Waals surface area contributed by atoms with Crippen LogP contribution in [0, 0.1) is 0 Å². The van der Waals surface area contributed by atoms with Crippen LogP contribution in [0.25, 0.3) is 0 Å². The number of ether oxygens (including phenoxy) is 1. The maximum atomic E-state index is 12.6. The second kappa shape index (κ2) is 8.78. The van der Waals surface area contributed by atoms with E-state index in [-0.39, 0.29) is 17.7 Å². The summed E-state index contributed by atoms with van der Waals surface area (Å²) in [6.07, 6.45) is -4.82. The molecule has 5 rings (SSSR count). The van der Waals surface area contributed by atoms with Gasteiger partial charge in [0.2, 0.25) is 0 Å². The summed E-state index contributed by atoms with van der Waals surface area (Å²) < 4.78 is 41.8. The van der Waals surface area contributed by atoms with E-state index in [1.54, 1.807) is 0 Å². The number of phenolic OH excluding ortho intramolecular Hbond substituents is 1. The van der Waals surface area contributed by atoms with Crippen LogP contribution in [0.4, 0.5) is 18.9 Å². The Kier molecular flexibility index (Phi) is 5.65. The van der Waals surface area contributed by atoms with Gasteiger partial charge in [-0.3, -0.25) is 0 Å². The summed E-state index contributed by atoms with van der Waals surface area (Å²) in [4.78, 5) is 2.30. The van der Waals surface area contributed by atoms with E-state index in [0.717, 1.165) is 28.4 Å². The van der Waals surface area contributed by atoms with Crippen LogP contribution in [-0.2, 0) is 0 Å². The van der Waals surface area contributed by atoms with Crippen LogP contribution in [0.3, 0.4) is 0 Å². The van der Waals surface area contributed by atoms with Gasteiger partial charge in [0.1, 0.15) is 11.5 Å². The lowest BCUT2D eigenvalue weighted by Crippen LogP contribution is -2.28. The Morgan fingerprint density at radius 3 is 1.94 bits per heavy atom. The molecule has 0 fully saturated rings. The Labute approximate surface area is 195 Å². The van der Waals surface area contributed by atoms with E-state index in [0.29, 0.717) is 12.1 Å². The number of para-hydroxylation sites is 1. The fourth-order valence-electron chi connectivity index (χ4n) is 4.79. The summed E-state index contributed by atoms with van der Waals surface area (Å²) >= 11 is 0. The molecule has 0 bridgehead atoms. The van der Waals surface area contributed by atoms with Crippen molar-refractivity contribution < 1.29 is 23.0 Å². The lowest BCUT2D eigenvalue weighted by atomic mass is 9.92. The molecule has 0 saturated carbocycles. The zero-order valence-electron chi connectivity index (χ0n) is 18.1. The first-order valence-corrected chi connectivity index (χ1v) is 10.9. The monoisotopic (exact) mass is 461 g/mol. The average Bonchev–Trinajstić information content (AvgIpc) is 3.19. The minimum absolute atomic E-state index is 0.0662. The molecule has 0 radical (unpaired) electrons. The minimum atomic E-state index is -4.82. The summed E-state index contributed by atoms with van der Waals surface area (Å²) in [5.74, 6) is -0.881. The number of benzene rings is 4. The third-order valence-corrected chi connectivity index (χ3v) is 6.15. The SMILES string of the molecule is Oc1cc(OC(F)(F)F)ccc1C1CN(C(c2ccccc2)c2ccccc2)c2ccccc21. The quantitative estimate of drug-likeness (QED) is 0.346. The first-order chi connectivity index (χ1) is 16.4. The van der Waals surface area contributed by atoms with Crippen molar-refractivity contribution >= 4 is 5.69 Å². The van der Waals surface area contributed by atoms with Gasteiger partial charge in [-0.2, -0.15) is 0 Å². The molecule has 0 amide bonds. The summed E-state index contributed by atoms with van der Waals surface area (Å²) in [6.45, 7) is 0.556. The van der Waals surface area contributed by atoms with E-state index >= 15 is 0 Å². The molecule has 0 aliphatic carbocycles. The Bertz CT molecular complexity index is 1240. The van der Waals surface area contributed by atoms with E-state index in [4.69, 9.17) is 0 Å². The molecule has 172 valence electrons. The third-order valence-electron chi connectivity index (χ3n) is 6.15. The highest BCUT2D eigenvalue weighted by molar-refractivity contribution is 5.66. The van der Waals surface area contributed by atoms with E-state index in [9.17, 15) is 18.3 Å². The minimum Gasteiger partial charge on any atom is -0.508 e. The van der Waals surface area contributed by atoms with Gasteiger partial charge in [0, 0.05) is 29.8 Å². The van der Waals surface area contributed by atoms with Crippen molar-refractivity contribution in [3.63, 3.8) is 0 Å². The van der Waals surface area contributed by atoms with Crippen LogP contribution in [0.15, 0.2) is 103 Å². The van der Waals surface area contributed by atoms with Crippen LogP contribution < -0.4 is 9.64 Å². The number of aromatic hydroxyl groups is 1. The van der Waals surface area contributed by atoms with Crippen molar-refractivity contribution in [3.8, 4) is 11.5 Å². The third kappa shape index (κ3) is 4.31. The maximum Gasteiger partial charge on any atom is 0.573 e. The standard InChI is InChI=1S/C28H22F3NO2/c29-28(30,31)34-21-15-16-23(26(33)17-21)24-18-32(25-14-8-7-13-22(24)25)27(19-9-3-1-4-10-19)20-11-5-2-6-12-20/h1-17,24,27,33H,18H2. The first kappa shape index (κ1) is 21.9. The number of fused-ring (bicyclic) bond motifs is 1. The smallest absolute Gasteiger partial charge is 0.508 e. The molecule has 34 heavy (non-hydrogen) atoms. The van der Waals surface area contributed by atoms with E-state index in [2.05, 4.69) is 33.9 Å². The van der Waals surface area contributed by atoms with Crippen molar-refractivity contribution in [2.45, 2.75) is 18.3 Å². The average molecular weight is 461 g/mol. The number of halogens is 3. The fraction of sp³-hybridized carbons (Fsp3) is 0.143. The fourth-order valence-corrected chi connectivity index (χ4v) is 4.79. The summed E-state index contributed by atoms with van der Waals surface area (Å²) in [7, 11) is 0. The molecule has 0 aromatic heterocycles. The van der Waals surface area contributed by atoms with Crippen LogP contribution >= 0.6 is 0 Å². The van der Waals surface area contributed by atoms with Crippen molar-refractivity contribution in [2.24, 2.45) is 0 Å². The Morgan fingerprint density at radius 2 is 1.35 bits per heavy atom. The zero-order valence-corrected chi connectivity index (χ0v) is 18.1. The number of nitrogens with zero attached hydrogens (tertiary/aromatic N) is 1. The zero-order chi connectivity index (χ0) is 23.7. The molecule has 4 aromatic carbocycles. The van der Waals surface area contributed by atoms with Crippen molar-refractivity contribution in [3.05, 3.63) is 125 Å². The van der Waals surface area contributed by atoms with Gasteiger partial charge in [-0.25, -0.2) is 0 Å². The van der Waals surface area contributed by atoms with E-state index in [1.165, 1.54) is 12.1 Å². The molecular weight excluding hydrogens is 439 g/mol. The molecule has 1 aliphatic heterocycles. The van der Waals surface area contributed by atoms with Crippen molar-refractivity contribution in [1.29, 1.82) is 0 Å². The van der Waals surface area contributed by atoms with Gasteiger partial charge < -0.3 is 14.7 Å². The number of phenols is 1. The van der Waals surface area contributed by atoms with Crippen LogP contribution in [0.5, 0.6) is 11.5 Å². The van der Waals surface area contributed by atoms with E-state index < -0.39 is 12.1 Å². The van der Waals surface area contributed by atoms with Crippen LogP contribution in [0.2, 0.25) is 0 Å². The molecular formula is C28H22F3NO2. The second-order valence-electron chi connectivity index (χ2n) is 8.26. The highest BCUT2D eigenvalue weighted by Crippen LogP contribution is 2.48. The highest BCUT2D eigenvalue weighted by atomic mass is 19.4. The van der Waals surface area contributed by atoms with Gasteiger partial charge in [0.15, 0.2) is 0 Å². The first-order valence-electron chi connectivity index (χ1n) is 10.9. The lowest BCUT2D eigenvalue weighted by molar-refractivity contribution is -0.274. The van der Waals surface area contributed by atoms with E-state index in [1.807, 2.05) is 60.7 Å². The number of hydrogen-bond donors (Lipinski definition) is 1. The molecule has 0 spiro atoms. The summed E-state index contributed by atoms with van der Waals surface area (Å²) in [5, 5.41) is 10.7. The number of alkyl halides is 3. The molecule has 1 unspecified atom stereocenters. The predicted octanol–water partition coefficient (Wildman–Crippen LogP) is 7.03. The predicted molar refractivity (Wildman–Crippen MR) is 125 cm³/mol. The molecule has 6 heteroatoms. The molecule has 1 aliphatic rings. The second-order valence-corrected chi connectivity index (χ2v) is 8.26. The largest absolute Gasteiger partial charge is 0.573 e. The van der Waals surface area contributed by atoms with Crippen LogP contribution in [-0.4, -0.2) is 18.0 Å². The molecule has 4 aromatic rings. The number of anilines is 1. The topological polar surface area (TPSA) is 32.7 Å². The van der Waals surface area contributed by atoms with Gasteiger partial charge in [-0.1, -0.05) is 84.9 Å². The normalized spacial score (nSPS) is 15.4. The Balaban J connectivity index is 1.57. The van der Waals surface area contributed by atoms with Crippen LogP contribution in [0.1, 0.15) is 34.2 Å². The lowest BCUT2D eigenvalue weighted by Gasteiger charge is -2.32. The van der Waals surface area contributed by atoms with Crippen molar-refractivity contribution in [2.75, 3.05) is 11.4 Å². The molecule has 1 heterocycles. The van der Waals surface area contributed by atoms with Gasteiger partial charge in [-0.15, -0.1) is 13.2 Å².